The maximum Gasteiger partial charge on any atom is 0.253 e. The molecule has 0 unspecified atom stereocenters. The predicted octanol–water partition coefficient (Wildman–Crippen LogP) is 5.10. The van der Waals surface area contributed by atoms with Crippen molar-refractivity contribution in [2.45, 2.75) is 45.3 Å². The first-order valence-corrected chi connectivity index (χ1v) is 8.88. The molecule has 0 bridgehead atoms. The van der Waals surface area contributed by atoms with Crippen LogP contribution >= 0.6 is 0 Å². The van der Waals surface area contributed by atoms with Crippen LogP contribution in [0.2, 0.25) is 17.6 Å². The largest absolute Gasteiger partial charge is 0.543 e. The lowest BCUT2D eigenvalue weighted by Crippen LogP contribution is -2.44. The lowest BCUT2D eigenvalue weighted by molar-refractivity contribution is 0.506. The Morgan fingerprint density at radius 1 is 1.12 bits per heavy atom. The fourth-order valence-corrected chi connectivity index (χ4v) is 4.35. The number of rotatable bonds is 5. The molecule has 0 saturated heterocycles. The van der Waals surface area contributed by atoms with Gasteiger partial charge in [0.2, 0.25) is 0 Å². The van der Waals surface area contributed by atoms with Gasteiger partial charge in [-0.25, -0.2) is 0 Å². The van der Waals surface area contributed by atoms with Gasteiger partial charge >= 0.3 is 0 Å². The molecule has 0 saturated carbocycles. The molecule has 0 aromatic heterocycles. The monoisotopic (exact) mass is 248 g/mol. The minimum absolute atomic E-state index is 0.598. The van der Waals surface area contributed by atoms with Crippen molar-refractivity contribution in [3.63, 3.8) is 0 Å². The van der Waals surface area contributed by atoms with Crippen LogP contribution in [0.4, 0.5) is 0 Å². The summed E-state index contributed by atoms with van der Waals surface area (Å²) in [4.78, 5) is 0. The van der Waals surface area contributed by atoms with E-state index in [0.29, 0.717) is 11.1 Å². The molecule has 0 atom stereocenters. The molecular formula is C15H24OSi. The van der Waals surface area contributed by atoms with Gasteiger partial charge in [0.25, 0.3) is 8.32 Å². The van der Waals surface area contributed by atoms with Crippen molar-refractivity contribution in [3.8, 4) is 5.75 Å². The molecular weight excluding hydrogens is 224 g/mol. The summed E-state index contributed by atoms with van der Waals surface area (Å²) < 4.78 is 6.41. The summed E-state index contributed by atoms with van der Waals surface area (Å²) in [5.41, 5.74) is 2.29. The lowest BCUT2D eigenvalue weighted by atomic mass is 10.2. The van der Waals surface area contributed by atoms with Crippen molar-refractivity contribution in [3.05, 3.63) is 36.4 Å². The predicted molar refractivity (Wildman–Crippen MR) is 79.0 cm³/mol. The van der Waals surface area contributed by atoms with Gasteiger partial charge in [0, 0.05) is 5.56 Å². The van der Waals surface area contributed by atoms with Crippen LogP contribution in [0.1, 0.15) is 33.3 Å². The smallest absolute Gasteiger partial charge is 0.253 e. The van der Waals surface area contributed by atoms with Gasteiger partial charge in [0.15, 0.2) is 0 Å². The minimum Gasteiger partial charge on any atom is -0.543 e. The quantitative estimate of drug-likeness (QED) is 0.658. The summed E-state index contributed by atoms with van der Waals surface area (Å²) in [7, 11) is -1.74. The maximum absolute atomic E-state index is 6.41. The Morgan fingerprint density at radius 2 is 1.65 bits per heavy atom. The van der Waals surface area contributed by atoms with Gasteiger partial charge in [-0.2, -0.15) is 0 Å². The summed E-state index contributed by atoms with van der Waals surface area (Å²) in [6.45, 7) is 15.2. The first-order chi connectivity index (χ1) is 7.91. The van der Waals surface area contributed by atoms with Gasteiger partial charge in [-0.15, -0.1) is 0 Å². The molecule has 0 spiro atoms. The number of hydrogen-bond acceptors (Lipinski definition) is 1. The molecule has 0 fully saturated rings. The average molecular weight is 248 g/mol. The zero-order valence-electron chi connectivity index (χ0n) is 11.7. The van der Waals surface area contributed by atoms with Crippen LogP contribution in [-0.2, 0) is 0 Å². The molecule has 0 aliphatic rings. The molecule has 0 heterocycles. The Bertz CT molecular complexity index is 374. The standard InChI is InChI=1S/C15H24OSi/c1-7-14-10-8-9-11-15(14)16-17(6,12(2)3)13(4)5/h7-13H,1H2,2-6H3. The second-order valence-electron chi connectivity index (χ2n) is 5.34. The summed E-state index contributed by atoms with van der Waals surface area (Å²) in [6.07, 6.45) is 1.87. The Balaban J connectivity index is 3.06. The third-order valence-corrected chi connectivity index (χ3v) is 9.01. The van der Waals surface area contributed by atoms with Crippen molar-refractivity contribution in [1.29, 1.82) is 0 Å². The Kier molecular flexibility index (Phi) is 4.58. The van der Waals surface area contributed by atoms with Crippen LogP contribution in [0.15, 0.2) is 30.8 Å². The second kappa shape index (κ2) is 5.54. The normalized spacial score (nSPS) is 11.9. The van der Waals surface area contributed by atoms with Gasteiger partial charge < -0.3 is 4.43 Å². The first kappa shape index (κ1) is 14.0. The maximum atomic E-state index is 6.41. The van der Waals surface area contributed by atoms with Crippen LogP contribution in [0, 0.1) is 0 Å². The number of benzene rings is 1. The summed E-state index contributed by atoms with van der Waals surface area (Å²) in [5.74, 6) is 0.985. The summed E-state index contributed by atoms with van der Waals surface area (Å²) >= 11 is 0. The van der Waals surface area contributed by atoms with Crippen molar-refractivity contribution < 1.29 is 4.43 Å². The Morgan fingerprint density at radius 3 is 2.12 bits per heavy atom. The second-order valence-corrected chi connectivity index (χ2v) is 10.2. The van der Waals surface area contributed by atoms with E-state index in [1.54, 1.807) is 0 Å². The zero-order chi connectivity index (χ0) is 13.1. The van der Waals surface area contributed by atoms with E-state index in [9.17, 15) is 0 Å². The first-order valence-electron chi connectivity index (χ1n) is 6.32. The van der Waals surface area contributed by atoms with Gasteiger partial charge in [0.05, 0.1) is 0 Å². The van der Waals surface area contributed by atoms with Crippen molar-refractivity contribution in [1.82, 2.24) is 0 Å². The number of hydrogen-bond donors (Lipinski definition) is 0. The summed E-state index contributed by atoms with van der Waals surface area (Å²) in [5, 5.41) is 0. The molecule has 1 aromatic carbocycles. The molecule has 1 aromatic rings. The van der Waals surface area contributed by atoms with E-state index in [1.807, 2.05) is 24.3 Å². The highest BCUT2D eigenvalue weighted by atomic mass is 28.4. The average Bonchev–Trinajstić information content (AvgIpc) is 2.29. The van der Waals surface area contributed by atoms with Crippen LogP contribution < -0.4 is 4.43 Å². The van der Waals surface area contributed by atoms with E-state index < -0.39 is 8.32 Å². The van der Waals surface area contributed by atoms with Crippen molar-refractivity contribution in [2.75, 3.05) is 0 Å². The highest BCUT2D eigenvalue weighted by Gasteiger charge is 2.38. The third kappa shape index (κ3) is 3.00. The SMILES string of the molecule is C=Cc1ccccc1O[Si](C)(C(C)C)C(C)C. The molecule has 0 N–H and O–H groups in total. The van der Waals surface area contributed by atoms with E-state index in [-0.39, 0.29) is 0 Å². The summed E-state index contributed by atoms with van der Waals surface area (Å²) in [6, 6.07) is 8.15. The molecule has 17 heavy (non-hydrogen) atoms. The van der Waals surface area contributed by atoms with E-state index in [1.165, 1.54) is 0 Å². The number of para-hydroxylation sites is 1. The highest BCUT2D eigenvalue weighted by molar-refractivity contribution is 6.75. The van der Waals surface area contributed by atoms with Gasteiger partial charge in [-0.05, 0) is 23.7 Å². The van der Waals surface area contributed by atoms with Gasteiger partial charge in [-0.3, -0.25) is 0 Å². The van der Waals surface area contributed by atoms with Crippen LogP contribution in [-0.4, -0.2) is 8.32 Å². The van der Waals surface area contributed by atoms with Crippen LogP contribution in [0.5, 0.6) is 5.75 Å². The zero-order valence-corrected chi connectivity index (χ0v) is 12.7. The molecule has 1 nitrogen and oxygen atoms in total. The van der Waals surface area contributed by atoms with Crippen LogP contribution in [0.3, 0.4) is 0 Å². The third-order valence-electron chi connectivity index (χ3n) is 3.76. The lowest BCUT2D eigenvalue weighted by Gasteiger charge is -2.36. The molecule has 1 rings (SSSR count). The van der Waals surface area contributed by atoms with Gasteiger partial charge in [-0.1, -0.05) is 58.5 Å². The highest BCUT2D eigenvalue weighted by Crippen LogP contribution is 2.35. The molecule has 2 heteroatoms. The fraction of sp³-hybridized carbons (Fsp3) is 0.467. The van der Waals surface area contributed by atoms with E-state index in [4.69, 9.17) is 4.43 Å². The Hall–Kier alpha value is -1.02. The van der Waals surface area contributed by atoms with E-state index in [2.05, 4.69) is 46.9 Å². The fourth-order valence-electron chi connectivity index (χ4n) is 1.88. The van der Waals surface area contributed by atoms with E-state index >= 15 is 0 Å². The van der Waals surface area contributed by atoms with Crippen molar-refractivity contribution in [2.24, 2.45) is 0 Å². The molecule has 0 amide bonds. The molecule has 0 aliphatic heterocycles. The van der Waals surface area contributed by atoms with Gasteiger partial charge in [0.1, 0.15) is 5.75 Å². The molecule has 0 radical (unpaired) electrons. The Labute approximate surface area is 107 Å². The van der Waals surface area contributed by atoms with E-state index in [0.717, 1.165) is 11.3 Å². The molecule has 94 valence electrons. The topological polar surface area (TPSA) is 9.23 Å². The van der Waals surface area contributed by atoms with Crippen LogP contribution in [0.25, 0.3) is 6.08 Å². The minimum atomic E-state index is -1.74. The molecule has 0 aliphatic carbocycles. The van der Waals surface area contributed by atoms with Crippen molar-refractivity contribution >= 4 is 14.4 Å².